The van der Waals surface area contributed by atoms with Gasteiger partial charge in [-0.1, -0.05) is 23.2 Å². The monoisotopic (exact) mass is 474 g/mol. The minimum atomic E-state index is -0.230. The lowest BCUT2D eigenvalue weighted by atomic mass is 9.86. The van der Waals surface area contributed by atoms with Crippen molar-refractivity contribution in [1.29, 1.82) is 0 Å². The van der Waals surface area contributed by atoms with Crippen molar-refractivity contribution >= 4 is 46.0 Å². The van der Waals surface area contributed by atoms with Crippen molar-refractivity contribution < 1.29 is 18.7 Å². The van der Waals surface area contributed by atoms with Gasteiger partial charge in [0.2, 0.25) is 0 Å². The Morgan fingerprint density at radius 2 is 1.69 bits per heavy atom. The van der Waals surface area contributed by atoms with Crippen molar-refractivity contribution in [3.8, 4) is 5.75 Å². The summed E-state index contributed by atoms with van der Waals surface area (Å²) >= 11 is 11.8. The number of ether oxygens (including phenoxy) is 1. The van der Waals surface area contributed by atoms with Gasteiger partial charge in [0.05, 0.1) is 0 Å². The minimum Gasteiger partial charge on any atom is -0.484 e. The van der Waals surface area contributed by atoms with Crippen LogP contribution in [0.2, 0.25) is 10.0 Å². The molecule has 32 heavy (non-hydrogen) atoms. The summed E-state index contributed by atoms with van der Waals surface area (Å²) in [6.07, 6.45) is 3.60. The lowest BCUT2D eigenvalue weighted by molar-refractivity contribution is -0.124. The Balaban J connectivity index is 1.17. The van der Waals surface area contributed by atoms with Gasteiger partial charge in [0.15, 0.2) is 12.4 Å². The fraction of sp³-hybridized carbons (Fsp3) is 0.333. The molecule has 4 rings (SSSR count). The molecule has 2 amide bonds. The summed E-state index contributed by atoms with van der Waals surface area (Å²) in [5, 5.41) is 8.02. The average molecular weight is 475 g/mol. The molecule has 168 valence electrons. The molecule has 1 heterocycles. The Morgan fingerprint density at radius 1 is 0.969 bits per heavy atom. The summed E-state index contributed by atoms with van der Waals surface area (Å²) in [6.45, 7) is 0.553. The van der Waals surface area contributed by atoms with Crippen LogP contribution in [0, 0.1) is 5.92 Å². The Morgan fingerprint density at radius 3 is 2.44 bits per heavy atom. The van der Waals surface area contributed by atoms with Gasteiger partial charge in [0.25, 0.3) is 11.8 Å². The van der Waals surface area contributed by atoms with Crippen molar-refractivity contribution in [3.05, 3.63) is 64.3 Å². The fourth-order valence-corrected chi connectivity index (χ4v) is 4.22. The number of hydrogen-bond acceptors (Lipinski definition) is 4. The van der Waals surface area contributed by atoms with Crippen LogP contribution < -0.4 is 15.4 Å². The number of hydrogen-bond donors (Lipinski definition) is 2. The average Bonchev–Trinajstić information content (AvgIpc) is 3.21. The lowest BCUT2D eigenvalue weighted by Gasteiger charge is -2.29. The Labute approximate surface area is 196 Å². The van der Waals surface area contributed by atoms with Crippen molar-refractivity contribution in [1.82, 2.24) is 10.6 Å². The van der Waals surface area contributed by atoms with Crippen LogP contribution in [0.1, 0.15) is 36.2 Å². The van der Waals surface area contributed by atoms with E-state index < -0.39 is 0 Å². The predicted molar refractivity (Wildman–Crippen MR) is 124 cm³/mol. The molecule has 0 radical (unpaired) electrons. The molecule has 8 heteroatoms. The maximum Gasteiger partial charge on any atom is 0.287 e. The molecule has 2 aromatic carbocycles. The highest BCUT2D eigenvalue weighted by molar-refractivity contribution is 6.31. The summed E-state index contributed by atoms with van der Waals surface area (Å²) in [5.74, 6) is 0.894. The van der Waals surface area contributed by atoms with Gasteiger partial charge in [-0.3, -0.25) is 9.59 Å². The molecular weight excluding hydrogens is 451 g/mol. The van der Waals surface area contributed by atoms with Crippen LogP contribution in [0.15, 0.2) is 52.9 Å². The molecule has 2 N–H and O–H groups in total. The van der Waals surface area contributed by atoms with Crippen LogP contribution in [0.4, 0.5) is 0 Å². The Kier molecular flexibility index (Phi) is 7.22. The smallest absolute Gasteiger partial charge is 0.287 e. The highest BCUT2D eigenvalue weighted by Gasteiger charge is 2.23. The minimum absolute atomic E-state index is 0.0274. The molecule has 6 nitrogen and oxygen atoms in total. The molecule has 0 aliphatic heterocycles. The second kappa shape index (κ2) is 10.3. The van der Waals surface area contributed by atoms with E-state index in [9.17, 15) is 9.59 Å². The van der Waals surface area contributed by atoms with E-state index in [4.69, 9.17) is 32.4 Å². The van der Waals surface area contributed by atoms with Gasteiger partial charge in [-0.2, -0.15) is 0 Å². The van der Waals surface area contributed by atoms with Crippen molar-refractivity contribution in [3.63, 3.8) is 0 Å². The van der Waals surface area contributed by atoms with Gasteiger partial charge in [0, 0.05) is 28.0 Å². The number of carbonyl (C=O) groups is 2. The molecule has 1 saturated carbocycles. The molecule has 0 bridgehead atoms. The second-order valence-electron chi connectivity index (χ2n) is 8.03. The van der Waals surface area contributed by atoms with E-state index in [2.05, 4.69) is 10.6 Å². The van der Waals surface area contributed by atoms with Gasteiger partial charge in [-0.25, -0.2) is 0 Å². The van der Waals surface area contributed by atoms with Crippen LogP contribution in [-0.2, 0) is 4.79 Å². The third kappa shape index (κ3) is 5.96. The van der Waals surface area contributed by atoms with Gasteiger partial charge in [-0.15, -0.1) is 0 Å². The third-order valence-electron chi connectivity index (χ3n) is 5.65. The standard InChI is InChI=1S/C24H24Cl2N2O4/c25-17-3-8-20(9-4-17)31-14-23(29)28-19-6-1-15(2-7-19)13-27-24(30)22-12-16-11-18(26)5-10-21(16)32-22/h3-5,8-12,15,19H,1-2,6-7,13-14H2,(H,27,30)(H,28,29)/t15-,19-. The number of nitrogens with one attached hydrogen (secondary N) is 2. The number of furan rings is 1. The summed E-state index contributed by atoms with van der Waals surface area (Å²) < 4.78 is 11.1. The first-order valence-corrected chi connectivity index (χ1v) is 11.4. The quantitative estimate of drug-likeness (QED) is 0.491. The van der Waals surface area contributed by atoms with Crippen LogP contribution >= 0.6 is 23.2 Å². The Hall–Kier alpha value is -2.70. The molecule has 0 saturated heterocycles. The lowest BCUT2D eigenvalue weighted by Crippen LogP contribution is -2.41. The number of fused-ring (bicyclic) bond motifs is 1. The molecule has 1 fully saturated rings. The van der Waals surface area contributed by atoms with Crippen LogP contribution in [-0.4, -0.2) is 31.0 Å². The topological polar surface area (TPSA) is 80.6 Å². The Bertz CT molecular complexity index is 1090. The zero-order chi connectivity index (χ0) is 22.5. The van der Waals surface area contributed by atoms with Crippen molar-refractivity contribution in [2.45, 2.75) is 31.7 Å². The molecular formula is C24H24Cl2N2O4. The van der Waals surface area contributed by atoms with Gasteiger partial charge >= 0.3 is 0 Å². The molecule has 3 aromatic rings. The number of benzene rings is 2. The normalized spacial score (nSPS) is 18.3. The van der Waals surface area contributed by atoms with Crippen molar-refractivity contribution in [2.75, 3.05) is 13.2 Å². The fourth-order valence-electron chi connectivity index (χ4n) is 3.91. The van der Waals surface area contributed by atoms with Gasteiger partial charge in [0.1, 0.15) is 11.3 Å². The zero-order valence-electron chi connectivity index (χ0n) is 17.4. The number of rotatable bonds is 7. The number of amides is 2. The van der Waals surface area contributed by atoms with Gasteiger partial charge in [-0.05, 0) is 80.1 Å². The van der Waals surface area contributed by atoms with Crippen LogP contribution in [0.5, 0.6) is 5.75 Å². The van der Waals surface area contributed by atoms with E-state index >= 15 is 0 Å². The van der Waals surface area contributed by atoms with Crippen LogP contribution in [0.3, 0.4) is 0 Å². The maximum absolute atomic E-state index is 12.4. The van der Waals surface area contributed by atoms with E-state index in [1.807, 2.05) is 0 Å². The summed E-state index contributed by atoms with van der Waals surface area (Å²) in [6, 6.07) is 14.0. The summed E-state index contributed by atoms with van der Waals surface area (Å²) in [7, 11) is 0. The summed E-state index contributed by atoms with van der Waals surface area (Å²) in [5.41, 5.74) is 0.635. The van der Waals surface area contributed by atoms with E-state index in [-0.39, 0.29) is 30.2 Å². The van der Waals surface area contributed by atoms with E-state index in [0.717, 1.165) is 31.1 Å². The number of halogens is 2. The number of carbonyl (C=O) groups excluding carboxylic acids is 2. The largest absolute Gasteiger partial charge is 0.484 e. The second-order valence-corrected chi connectivity index (χ2v) is 8.90. The predicted octanol–water partition coefficient (Wildman–Crippen LogP) is 5.22. The highest BCUT2D eigenvalue weighted by atomic mass is 35.5. The molecule has 1 aromatic heterocycles. The molecule has 1 aliphatic carbocycles. The molecule has 1 aliphatic rings. The molecule has 0 spiro atoms. The van der Waals surface area contributed by atoms with E-state index in [1.54, 1.807) is 48.5 Å². The molecule has 0 atom stereocenters. The van der Waals surface area contributed by atoms with E-state index in [0.29, 0.717) is 33.8 Å². The first kappa shape index (κ1) is 22.5. The SMILES string of the molecule is O=C(COc1ccc(Cl)cc1)N[C@H]1CC[C@H](CNC(=O)c2cc3cc(Cl)ccc3o2)CC1. The first-order chi connectivity index (χ1) is 15.5. The molecule has 0 unspecified atom stereocenters. The van der Waals surface area contributed by atoms with Crippen molar-refractivity contribution in [2.24, 2.45) is 5.92 Å². The maximum atomic E-state index is 12.4. The summed E-state index contributed by atoms with van der Waals surface area (Å²) in [4.78, 5) is 24.6. The van der Waals surface area contributed by atoms with Gasteiger partial charge < -0.3 is 19.8 Å². The third-order valence-corrected chi connectivity index (χ3v) is 6.14. The zero-order valence-corrected chi connectivity index (χ0v) is 18.9. The first-order valence-electron chi connectivity index (χ1n) is 10.6. The van der Waals surface area contributed by atoms with Crippen LogP contribution in [0.25, 0.3) is 11.0 Å². The highest BCUT2D eigenvalue weighted by Crippen LogP contribution is 2.25. The van der Waals surface area contributed by atoms with E-state index in [1.165, 1.54) is 0 Å².